The Bertz CT molecular complexity index is 1150. The molecule has 1 N–H and O–H groups in total. The standard InChI is InChI=1S/C25H23ClN2OS/c1-18-6-10-20(11-7-18)25(29)27-14-15-28-16-24(22-4-2-3-5-23(22)28)30-17-19-8-12-21(26)13-9-19/h2-13,16H,14-15,17H2,1H3,(H,27,29). The van der Waals surface area contributed by atoms with Crippen molar-refractivity contribution in [3.63, 3.8) is 0 Å². The van der Waals surface area contributed by atoms with Crippen LogP contribution in [0.25, 0.3) is 10.9 Å². The van der Waals surface area contributed by atoms with Gasteiger partial charge < -0.3 is 9.88 Å². The average molecular weight is 435 g/mol. The quantitative estimate of drug-likeness (QED) is 0.345. The number of nitrogens with zero attached hydrogens (tertiary/aromatic N) is 1. The third-order valence-corrected chi connectivity index (χ3v) is 6.38. The van der Waals surface area contributed by atoms with Crippen LogP contribution < -0.4 is 5.32 Å². The molecule has 1 heterocycles. The lowest BCUT2D eigenvalue weighted by molar-refractivity contribution is 0.0952. The fourth-order valence-electron chi connectivity index (χ4n) is 3.35. The Morgan fingerprint density at radius 3 is 2.50 bits per heavy atom. The zero-order valence-electron chi connectivity index (χ0n) is 16.8. The summed E-state index contributed by atoms with van der Waals surface area (Å²) in [4.78, 5) is 13.6. The Balaban J connectivity index is 1.43. The van der Waals surface area contributed by atoms with Gasteiger partial charge in [-0.25, -0.2) is 0 Å². The monoisotopic (exact) mass is 434 g/mol. The number of carbonyl (C=O) groups is 1. The topological polar surface area (TPSA) is 34.0 Å². The van der Waals surface area contributed by atoms with Crippen LogP contribution >= 0.6 is 23.4 Å². The van der Waals surface area contributed by atoms with E-state index in [-0.39, 0.29) is 5.91 Å². The second kappa shape index (κ2) is 9.41. The fourth-order valence-corrected chi connectivity index (χ4v) is 4.52. The highest BCUT2D eigenvalue weighted by atomic mass is 35.5. The summed E-state index contributed by atoms with van der Waals surface area (Å²) in [7, 11) is 0. The van der Waals surface area contributed by atoms with E-state index in [4.69, 9.17) is 11.6 Å². The maximum atomic E-state index is 12.4. The van der Waals surface area contributed by atoms with Crippen LogP contribution in [-0.2, 0) is 12.3 Å². The molecule has 0 unspecified atom stereocenters. The van der Waals surface area contributed by atoms with Crippen molar-refractivity contribution in [2.75, 3.05) is 6.54 Å². The van der Waals surface area contributed by atoms with Gasteiger partial charge in [0.25, 0.3) is 5.91 Å². The number of para-hydroxylation sites is 1. The van der Waals surface area contributed by atoms with Gasteiger partial charge in [0.2, 0.25) is 0 Å². The Morgan fingerprint density at radius 2 is 1.73 bits per heavy atom. The predicted octanol–water partition coefficient (Wildman–Crippen LogP) is 6.33. The van der Waals surface area contributed by atoms with Crippen LogP contribution in [0.2, 0.25) is 5.02 Å². The van der Waals surface area contributed by atoms with Crippen molar-refractivity contribution in [1.29, 1.82) is 0 Å². The van der Waals surface area contributed by atoms with Crippen LogP contribution in [-0.4, -0.2) is 17.0 Å². The van der Waals surface area contributed by atoms with E-state index < -0.39 is 0 Å². The molecule has 3 nitrogen and oxygen atoms in total. The molecule has 0 aliphatic carbocycles. The normalized spacial score (nSPS) is 11.0. The van der Waals surface area contributed by atoms with Crippen LogP contribution in [0.5, 0.6) is 0 Å². The zero-order chi connectivity index (χ0) is 20.9. The molecule has 0 spiro atoms. The van der Waals surface area contributed by atoms with Gasteiger partial charge in [-0.1, -0.05) is 59.6 Å². The van der Waals surface area contributed by atoms with Gasteiger partial charge in [-0.15, -0.1) is 11.8 Å². The van der Waals surface area contributed by atoms with Crippen LogP contribution in [0.1, 0.15) is 21.5 Å². The number of thioether (sulfide) groups is 1. The number of aromatic nitrogens is 1. The first-order valence-corrected chi connectivity index (χ1v) is 11.3. The minimum absolute atomic E-state index is 0.0381. The lowest BCUT2D eigenvalue weighted by Gasteiger charge is -2.08. The third-order valence-electron chi connectivity index (χ3n) is 5.01. The molecule has 0 atom stereocenters. The van der Waals surface area contributed by atoms with Crippen molar-refractivity contribution in [2.24, 2.45) is 0 Å². The molecule has 0 aliphatic rings. The first-order valence-electron chi connectivity index (χ1n) is 9.90. The molecule has 5 heteroatoms. The van der Waals surface area contributed by atoms with E-state index in [1.165, 1.54) is 21.4 Å². The van der Waals surface area contributed by atoms with Crippen molar-refractivity contribution in [3.8, 4) is 0 Å². The van der Waals surface area contributed by atoms with Gasteiger partial charge in [0.05, 0.1) is 0 Å². The highest BCUT2D eigenvalue weighted by molar-refractivity contribution is 7.98. The molecule has 152 valence electrons. The molecule has 1 amide bonds. The molecule has 0 radical (unpaired) electrons. The highest BCUT2D eigenvalue weighted by Crippen LogP contribution is 2.32. The lowest BCUT2D eigenvalue weighted by Crippen LogP contribution is -2.27. The molecular formula is C25H23ClN2OS. The van der Waals surface area contributed by atoms with Gasteiger partial charge in [-0.05, 0) is 42.8 Å². The van der Waals surface area contributed by atoms with E-state index in [9.17, 15) is 4.79 Å². The largest absolute Gasteiger partial charge is 0.350 e. The number of aryl methyl sites for hydroxylation is 1. The second-order valence-corrected chi connectivity index (χ2v) is 8.69. The molecule has 3 aromatic carbocycles. The molecule has 4 rings (SSSR count). The number of hydrogen-bond acceptors (Lipinski definition) is 2. The lowest BCUT2D eigenvalue weighted by atomic mass is 10.1. The molecule has 0 bridgehead atoms. The number of carbonyl (C=O) groups excluding carboxylic acids is 1. The summed E-state index contributed by atoms with van der Waals surface area (Å²) in [6, 6.07) is 24.0. The van der Waals surface area contributed by atoms with E-state index in [0.29, 0.717) is 12.1 Å². The van der Waals surface area contributed by atoms with Gasteiger partial charge in [0, 0.05) is 51.4 Å². The molecule has 1 aromatic heterocycles. The third kappa shape index (κ3) is 4.89. The molecule has 0 aliphatic heterocycles. The zero-order valence-corrected chi connectivity index (χ0v) is 18.3. The number of amides is 1. The van der Waals surface area contributed by atoms with Crippen molar-refractivity contribution < 1.29 is 4.79 Å². The van der Waals surface area contributed by atoms with Gasteiger partial charge in [-0.2, -0.15) is 0 Å². The Kier molecular flexibility index (Phi) is 6.46. The molecule has 0 fully saturated rings. The van der Waals surface area contributed by atoms with E-state index in [2.05, 4.69) is 52.5 Å². The first kappa shape index (κ1) is 20.6. The average Bonchev–Trinajstić information content (AvgIpc) is 3.12. The number of halogens is 1. The van der Waals surface area contributed by atoms with Crippen LogP contribution in [0, 0.1) is 6.92 Å². The summed E-state index contributed by atoms with van der Waals surface area (Å²) in [5.41, 5.74) is 4.26. The smallest absolute Gasteiger partial charge is 0.251 e. The maximum absolute atomic E-state index is 12.4. The molecule has 0 saturated heterocycles. The van der Waals surface area contributed by atoms with Gasteiger partial charge in [0.1, 0.15) is 0 Å². The van der Waals surface area contributed by atoms with Crippen LogP contribution in [0.3, 0.4) is 0 Å². The maximum Gasteiger partial charge on any atom is 0.251 e. The number of rotatable bonds is 7. The number of nitrogens with one attached hydrogen (secondary N) is 1. The fraction of sp³-hybridized carbons (Fsp3) is 0.160. The number of hydrogen-bond donors (Lipinski definition) is 1. The summed E-state index contributed by atoms with van der Waals surface area (Å²) in [6.45, 7) is 3.31. The second-order valence-electron chi connectivity index (χ2n) is 7.24. The molecular weight excluding hydrogens is 412 g/mol. The molecule has 4 aromatic rings. The summed E-state index contributed by atoms with van der Waals surface area (Å²) in [6.07, 6.45) is 2.18. The van der Waals surface area contributed by atoms with Crippen molar-refractivity contribution in [2.45, 2.75) is 24.1 Å². The van der Waals surface area contributed by atoms with E-state index >= 15 is 0 Å². The van der Waals surface area contributed by atoms with Crippen LogP contribution in [0.15, 0.2) is 83.9 Å². The number of fused-ring (bicyclic) bond motifs is 1. The van der Waals surface area contributed by atoms with E-state index in [0.717, 1.165) is 22.9 Å². The Labute approximate surface area is 186 Å². The van der Waals surface area contributed by atoms with Crippen molar-refractivity contribution in [1.82, 2.24) is 9.88 Å². The SMILES string of the molecule is Cc1ccc(C(=O)NCCn2cc(SCc3ccc(Cl)cc3)c3ccccc32)cc1. The summed E-state index contributed by atoms with van der Waals surface area (Å²) in [5, 5.41) is 5.02. The minimum atomic E-state index is -0.0381. The van der Waals surface area contributed by atoms with Crippen molar-refractivity contribution >= 4 is 40.2 Å². The minimum Gasteiger partial charge on any atom is -0.350 e. The highest BCUT2D eigenvalue weighted by Gasteiger charge is 2.10. The molecule has 0 saturated carbocycles. The Morgan fingerprint density at radius 1 is 1.00 bits per heavy atom. The van der Waals surface area contributed by atoms with Gasteiger partial charge in [-0.3, -0.25) is 4.79 Å². The predicted molar refractivity (Wildman–Crippen MR) is 126 cm³/mol. The van der Waals surface area contributed by atoms with Crippen molar-refractivity contribution in [3.05, 3.63) is 101 Å². The first-order chi connectivity index (χ1) is 14.6. The van der Waals surface area contributed by atoms with Gasteiger partial charge >= 0.3 is 0 Å². The van der Waals surface area contributed by atoms with Gasteiger partial charge in [0.15, 0.2) is 0 Å². The number of benzene rings is 3. The Hall–Kier alpha value is -2.69. The molecule has 30 heavy (non-hydrogen) atoms. The summed E-state index contributed by atoms with van der Waals surface area (Å²) in [5.74, 6) is 0.846. The van der Waals surface area contributed by atoms with E-state index in [1.54, 1.807) is 0 Å². The summed E-state index contributed by atoms with van der Waals surface area (Å²) < 4.78 is 2.22. The van der Waals surface area contributed by atoms with E-state index in [1.807, 2.05) is 55.1 Å². The summed E-state index contributed by atoms with van der Waals surface area (Å²) >= 11 is 7.80. The van der Waals surface area contributed by atoms with Crippen LogP contribution in [0.4, 0.5) is 0 Å².